The molecule has 0 saturated heterocycles. The lowest BCUT2D eigenvalue weighted by atomic mass is 10.1. The summed E-state index contributed by atoms with van der Waals surface area (Å²) in [6, 6.07) is 12.3. The number of methoxy groups -OCH3 is 1. The Morgan fingerprint density at radius 3 is 2.28 bits per heavy atom. The van der Waals surface area contributed by atoms with E-state index in [0.29, 0.717) is 22.3 Å². The first-order valence-corrected chi connectivity index (χ1v) is 12.4. The van der Waals surface area contributed by atoms with Gasteiger partial charge in [-0.3, -0.25) is 9.59 Å². The number of carbonyl (C=O) groups excluding carboxylic acids is 2. The van der Waals surface area contributed by atoms with E-state index in [0.717, 1.165) is 23.3 Å². The maximum absolute atomic E-state index is 13.2. The smallest absolute Gasteiger partial charge is 0.242 e. The Kier molecular flexibility index (Phi) is 10.7. The van der Waals surface area contributed by atoms with Gasteiger partial charge in [-0.05, 0) is 55.7 Å². The number of benzene rings is 2. The second-order valence-corrected chi connectivity index (χ2v) is 9.36. The molecular weight excluding hydrogens is 467 g/mol. The number of carbonyl (C=O) groups is 2. The van der Waals surface area contributed by atoms with Gasteiger partial charge in [0.25, 0.3) is 0 Å². The Balaban J connectivity index is 2.12. The summed E-state index contributed by atoms with van der Waals surface area (Å²) in [7, 11) is 1.61. The zero-order valence-electron chi connectivity index (χ0n) is 18.9. The van der Waals surface area contributed by atoms with Gasteiger partial charge in [0.05, 0.1) is 12.9 Å². The molecule has 0 saturated carbocycles. The number of ether oxygens (including phenoxy) is 1. The average Bonchev–Trinajstić information content (AvgIpc) is 2.79. The van der Waals surface area contributed by atoms with Crippen LogP contribution in [0.2, 0.25) is 10.0 Å². The van der Waals surface area contributed by atoms with E-state index in [4.69, 9.17) is 27.9 Å². The number of nitrogens with one attached hydrogen (secondary N) is 1. The van der Waals surface area contributed by atoms with Crippen LogP contribution in [-0.4, -0.2) is 41.7 Å². The van der Waals surface area contributed by atoms with Crippen molar-refractivity contribution < 1.29 is 14.3 Å². The summed E-state index contributed by atoms with van der Waals surface area (Å²) in [6.45, 7) is 6.04. The molecule has 0 radical (unpaired) electrons. The largest absolute Gasteiger partial charge is 0.497 e. The second-order valence-electron chi connectivity index (χ2n) is 7.56. The van der Waals surface area contributed by atoms with Gasteiger partial charge in [-0.1, -0.05) is 48.3 Å². The third-order valence-electron chi connectivity index (χ3n) is 5.21. The predicted octanol–water partition coefficient (Wildman–Crippen LogP) is 5.57. The van der Waals surface area contributed by atoms with Crippen LogP contribution in [0.3, 0.4) is 0 Å². The van der Waals surface area contributed by atoms with Crippen molar-refractivity contribution in [2.45, 2.75) is 51.6 Å². The first kappa shape index (κ1) is 26.4. The molecule has 1 N–H and O–H groups in total. The van der Waals surface area contributed by atoms with E-state index in [9.17, 15) is 9.59 Å². The molecule has 174 valence electrons. The first-order chi connectivity index (χ1) is 15.3. The summed E-state index contributed by atoms with van der Waals surface area (Å²) in [5, 5.41) is 4.13. The molecule has 0 fully saturated rings. The van der Waals surface area contributed by atoms with Gasteiger partial charge in [-0.15, -0.1) is 11.8 Å². The fourth-order valence-corrected chi connectivity index (χ4v) is 4.62. The lowest BCUT2D eigenvalue weighted by Crippen LogP contribution is -2.50. The minimum atomic E-state index is -0.608. The van der Waals surface area contributed by atoms with Crippen molar-refractivity contribution in [2.75, 3.05) is 12.9 Å². The Morgan fingerprint density at radius 2 is 1.72 bits per heavy atom. The first-order valence-electron chi connectivity index (χ1n) is 10.5. The lowest BCUT2D eigenvalue weighted by Gasteiger charge is -2.29. The summed E-state index contributed by atoms with van der Waals surface area (Å²) in [5.74, 6) is 1.16. The minimum Gasteiger partial charge on any atom is -0.497 e. The summed E-state index contributed by atoms with van der Waals surface area (Å²) in [5.41, 5.74) is 1.72. The van der Waals surface area contributed by atoms with Gasteiger partial charge in [0.2, 0.25) is 11.8 Å². The van der Waals surface area contributed by atoms with Gasteiger partial charge >= 0.3 is 0 Å². The van der Waals surface area contributed by atoms with Crippen molar-refractivity contribution in [1.29, 1.82) is 0 Å². The molecule has 0 aromatic heterocycles. The van der Waals surface area contributed by atoms with Crippen molar-refractivity contribution in [3.05, 3.63) is 63.6 Å². The highest BCUT2D eigenvalue weighted by molar-refractivity contribution is 7.99. The zero-order chi connectivity index (χ0) is 23.7. The molecule has 2 rings (SSSR count). The molecule has 8 heteroatoms. The topological polar surface area (TPSA) is 58.6 Å². The Labute approximate surface area is 204 Å². The van der Waals surface area contributed by atoms with Crippen LogP contribution in [0.25, 0.3) is 0 Å². The molecule has 2 amide bonds. The zero-order valence-corrected chi connectivity index (χ0v) is 21.2. The predicted molar refractivity (Wildman–Crippen MR) is 134 cm³/mol. The number of hydrogen-bond acceptors (Lipinski definition) is 4. The maximum atomic E-state index is 13.2. The van der Waals surface area contributed by atoms with E-state index in [1.807, 2.05) is 38.1 Å². The fraction of sp³-hybridized carbons (Fsp3) is 0.417. The van der Waals surface area contributed by atoms with Crippen LogP contribution in [0, 0.1) is 0 Å². The van der Waals surface area contributed by atoms with E-state index >= 15 is 0 Å². The van der Waals surface area contributed by atoms with E-state index in [1.165, 1.54) is 11.8 Å². The molecule has 32 heavy (non-hydrogen) atoms. The third kappa shape index (κ3) is 7.61. The number of amides is 2. The number of thioether (sulfide) groups is 1. The van der Waals surface area contributed by atoms with Gasteiger partial charge < -0.3 is 15.0 Å². The van der Waals surface area contributed by atoms with E-state index in [1.54, 1.807) is 37.1 Å². The molecule has 2 atom stereocenters. The van der Waals surface area contributed by atoms with Gasteiger partial charge in [0.1, 0.15) is 11.8 Å². The van der Waals surface area contributed by atoms with Crippen LogP contribution >= 0.6 is 35.0 Å². The molecule has 0 aliphatic heterocycles. The van der Waals surface area contributed by atoms with Crippen LogP contribution in [0.5, 0.6) is 5.75 Å². The number of halogens is 2. The normalized spacial score (nSPS) is 12.7. The average molecular weight is 497 g/mol. The highest BCUT2D eigenvalue weighted by atomic mass is 35.5. The summed E-state index contributed by atoms with van der Waals surface area (Å²) < 4.78 is 5.21. The molecule has 2 unspecified atom stereocenters. The van der Waals surface area contributed by atoms with Crippen LogP contribution < -0.4 is 10.1 Å². The Morgan fingerprint density at radius 1 is 1.09 bits per heavy atom. The molecule has 2 aromatic rings. The SMILES string of the molecule is CCC(C)NC(=O)C(C)N(Cc1ccc(OC)cc1)C(=O)CSCc1c(Cl)cccc1Cl. The molecule has 0 spiro atoms. The van der Waals surface area contributed by atoms with Crippen molar-refractivity contribution >= 4 is 46.8 Å². The van der Waals surface area contributed by atoms with Gasteiger partial charge in [-0.25, -0.2) is 0 Å². The Hall–Kier alpha value is -1.89. The van der Waals surface area contributed by atoms with Crippen LogP contribution in [0.1, 0.15) is 38.3 Å². The fourth-order valence-electron chi connectivity index (χ4n) is 2.97. The minimum absolute atomic E-state index is 0.0413. The number of nitrogens with zero attached hydrogens (tertiary/aromatic N) is 1. The summed E-state index contributed by atoms with van der Waals surface area (Å²) in [6.07, 6.45) is 0.819. The van der Waals surface area contributed by atoms with E-state index in [-0.39, 0.29) is 23.6 Å². The van der Waals surface area contributed by atoms with E-state index in [2.05, 4.69) is 5.32 Å². The van der Waals surface area contributed by atoms with Gasteiger partial charge in [0, 0.05) is 28.4 Å². The molecule has 0 heterocycles. The van der Waals surface area contributed by atoms with Crippen LogP contribution in [0.15, 0.2) is 42.5 Å². The molecule has 0 aliphatic rings. The maximum Gasteiger partial charge on any atom is 0.242 e. The quantitative estimate of drug-likeness (QED) is 0.441. The van der Waals surface area contributed by atoms with Crippen molar-refractivity contribution in [1.82, 2.24) is 10.2 Å². The monoisotopic (exact) mass is 496 g/mol. The van der Waals surface area contributed by atoms with Crippen LogP contribution in [0.4, 0.5) is 0 Å². The second kappa shape index (κ2) is 13.0. The van der Waals surface area contributed by atoms with Crippen molar-refractivity contribution in [3.63, 3.8) is 0 Å². The van der Waals surface area contributed by atoms with Crippen molar-refractivity contribution in [2.24, 2.45) is 0 Å². The molecule has 0 aliphatic carbocycles. The van der Waals surface area contributed by atoms with Crippen molar-refractivity contribution in [3.8, 4) is 5.75 Å². The van der Waals surface area contributed by atoms with Crippen LogP contribution in [-0.2, 0) is 21.9 Å². The third-order valence-corrected chi connectivity index (χ3v) is 6.87. The molecular formula is C24H30Cl2N2O3S. The highest BCUT2D eigenvalue weighted by Crippen LogP contribution is 2.28. The standard InChI is InChI=1S/C24H30Cl2N2O3S/c1-5-16(2)27-24(30)17(3)28(13-18-9-11-19(31-4)12-10-18)23(29)15-32-14-20-21(25)7-6-8-22(20)26/h6-12,16-17H,5,13-15H2,1-4H3,(H,27,30). The Bertz CT molecular complexity index is 888. The van der Waals surface area contributed by atoms with Gasteiger partial charge in [0.15, 0.2) is 0 Å². The highest BCUT2D eigenvalue weighted by Gasteiger charge is 2.26. The molecule has 2 aromatic carbocycles. The number of hydrogen-bond donors (Lipinski definition) is 1. The summed E-state index contributed by atoms with van der Waals surface area (Å²) >= 11 is 13.9. The lowest BCUT2D eigenvalue weighted by molar-refractivity contribution is -0.138. The molecule has 5 nitrogen and oxygen atoms in total. The summed E-state index contributed by atoms with van der Waals surface area (Å²) in [4.78, 5) is 27.5. The van der Waals surface area contributed by atoms with Gasteiger partial charge in [-0.2, -0.15) is 0 Å². The molecule has 0 bridgehead atoms. The van der Waals surface area contributed by atoms with E-state index < -0.39 is 6.04 Å². The number of rotatable bonds is 11.